The summed E-state index contributed by atoms with van der Waals surface area (Å²) in [6.07, 6.45) is 1.65. The molecule has 4 nitrogen and oxygen atoms in total. The van der Waals surface area contributed by atoms with E-state index >= 15 is 0 Å². The fourth-order valence-corrected chi connectivity index (χ4v) is 2.25. The monoisotopic (exact) mass is 250 g/mol. The van der Waals surface area contributed by atoms with Crippen molar-refractivity contribution >= 4 is 5.82 Å². The van der Waals surface area contributed by atoms with Crippen molar-refractivity contribution in [3.8, 4) is 6.07 Å². The van der Waals surface area contributed by atoms with Crippen LogP contribution in [0.15, 0.2) is 36.5 Å². The van der Waals surface area contributed by atoms with Gasteiger partial charge in [0.15, 0.2) is 0 Å². The first kappa shape index (κ1) is 11.7. The van der Waals surface area contributed by atoms with Crippen LogP contribution in [0.2, 0.25) is 0 Å². The molecule has 0 unspecified atom stereocenters. The van der Waals surface area contributed by atoms with E-state index in [0.717, 1.165) is 25.5 Å². The number of nitrogens with one attached hydrogen (secondary N) is 2. The van der Waals surface area contributed by atoms with E-state index in [1.54, 1.807) is 18.3 Å². The van der Waals surface area contributed by atoms with Crippen LogP contribution in [-0.2, 0) is 19.6 Å². The molecule has 2 N–H and O–H groups in total. The van der Waals surface area contributed by atoms with E-state index in [9.17, 15) is 0 Å². The maximum absolute atomic E-state index is 8.84. The van der Waals surface area contributed by atoms with Crippen molar-refractivity contribution in [3.63, 3.8) is 0 Å². The zero-order valence-electron chi connectivity index (χ0n) is 10.5. The fraction of sp³-hybridized carbons (Fsp3) is 0.200. The minimum Gasteiger partial charge on any atom is -0.366 e. The van der Waals surface area contributed by atoms with Crippen molar-refractivity contribution in [2.75, 3.05) is 5.32 Å². The maximum atomic E-state index is 8.84. The highest BCUT2D eigenvalue weighted by Gasteiger charge is 2.09. The second-order valence-electron chi connectivity index (χ2n) is 4.60. The topological polar surface area (TPSA) is 60.7 Å². The number of nitriles is 1. The molecule has 1 aromatic carbocycles. The highest BCUT2D eigenvalue weighted by atomic mass is 15.0. The van der Waals surface area contributed by atoms with Crippen molar-refractivity contribution in [1.29, 1.82) is 5.26 Å². The third-order valence-corrected chi connectivity index (χ3v) is 3.26. The highest BCUT2D eigenvalue weighted by Crippen LogP contribution is 2.17. The van der Waals surface area contributed by atoms with Crippen LogP contribution < -0.4 is 10.6 Å². The van der Waals surface area contributed by atoms with E-state index in [1.807, 2.05) is 0 Å². The lowest BCUT2D eigenvalue weighted by molar-refractivity contribution is 0.764. The van der Waals surface area contributed by atoms with Gasteiger partial charge in [-0.05, 0) is 28.8 Å². The average Bonchev–Trinajstić information content (AvgIpc) is 2.93. The number of fused-ring (bicyclic) bond motifs is 1. The summed E-state index contributed by atoms with van der Waals surface area (Å²) in [6, 6.07) is 12.1. The van der Waals surface area contributed by atoms with Crippen molar-refractivity contribution in [2.45, 2.75) is 19.6 Å². The first-order chi connectivity index (χ1) is 9.35. The number of aromatic nitrogens is 1. The lowest BCUT2D eigenvalue weighted by Crippen LogP contribution is -2.02. The van der Waals surface area contributed by atoms with Crippen LogP contribution in [0.25, 0.3) is 0 Å². The maximum Gasteiger partial charge on any atom is 0.127 e. The van der Waals surface area contributed by atoms with Crippen molar-refractivity contribution in [3.05, 3.63) is 58.8 Å². The number of rotatable bonds is 3. The molecule has 94 valence electrons. The van der Waals surface area contributed by atoms with Crippen LogP contribution in [-0.4, -0.2) is 4.98 Å². The Balaban J connectivity index is 1.70. The van der Waals surface area contributed by atoms with Crippen LogP contribution >= 0.6 is 0 Å². The van der Waals surface area contributed by atoms with Crippen LogP contribution in [0.3, 0.4) is 0 Å². The molecule has 0 amide bonds. The Bertz CT molecular complexity index is 643. The Morgan fingerprint density at radius 2 is 2.11 bits per heavy atom. The SMILES string of the molecule is N#Cc1ccnc(NCc2ccc3c(c2)CNC3)c1. The van der Waals surface area contributed by atoms with Gasteiger partial charge in [0.1, 0.15) is 5.82 Å². The number of pyridine rings is 1. The molecule has 0 spiro atoms. The molecule has 1 aliphatic heterocycles. The third kappa shape index (κ3) is 2.56. The van der Waals surface area contributed by atoms with Gasteiger partial charge in [-0.1, -0.05) is 18.2 Å². The van der Waals surface area contributed by atoms with Gasteiger partial charge in [-0.25, -0.2) is 4.98 Å². The lowest BCUT2D eigenvalue weighted by Gasteiger charge is -2.07. The van der Waals surface area contributed by atoms with E-state index in [-0.39, 0.29) is 0 Å². The molecule has 4 heteroatoms. The normalized spacial score (nSPS) is 12.8. The molecule has 1 aromatic heterocycles. The summed E-state index contributed by atoms with van der Waals surface area (Å²) in [6.45, 7) is 2.63. The predicted octanol–water partition coefficient (Wildman–Crippen LogP) is 2.17. The van der Waals surface area contributed by atoms with Crippen molar-refractivity contribution in [1.82, 2.24) is 10.3 Å². The van der Waals surface area contributed by atoms with Gasteiger partial charge < -0.3 is 10.6 Å². The number of hydrogen-bond acceptors (Lipinski definition) is 4. The number of nitrogens with zero attached hydrogens (tertiary/aromatic N) is 2. The zero-order valence-corrected chi connectivity index (χ0v) is 10.5. The Kier molecular flexibility index (Phi) is 3.13. The second kappa shape index (κ2) is 5.09. The van der Waals surface area contributed by atoms with Gasteiger partial charge in [0.25, 0.3) is 0 Å². The summed E-state index contributed by atoms with van der Waals surface area (Å²) >= 11 is 0. The third-order valence-electron chi connectivity index (χ3n) is 3.26. The number of benzene rings is 1. The van der Waals surface area contributed by atoms with Gasteiger partial charge in [0.05, 0.1) is 11.6 Å². The van der Waals surface area contributed by atoms with E-state index in [2.05, 4.69) is 39.9 Å². The molecule has 0 radical (unpaired) electrons. The van der Waals surface area contributed by atoms with E-state index < -0.39 is 0 Å². The average molecular weight is 250 g/mol. The second-order valence-corrected chi connectivity index (χ2v) is 4.60. The van der Waals surface area contributed by atoms with Gasteiger partial charge in [-0.3, -0.25) is 0 Å². The summed E-state index contributed by atoms with van der Waals surface area (Å²) < 4.78 is 0. The summed E-state index contributed by atoms with van der Waals surface area (Å²) in [5, 5.41) is 15.4. The van der Waals surface area contributed by atoms with Gasteiger partial charge >= 0.3 is 0 Å². The largest absolute Gasteiger partial charge is 0.366 e. The van der Waals surface area contributed by atoms with E-state index in [0.29, 0.717) is 5.56 Å². The first-order valence-electron chi connectivity index (χ1n) is 6.26. The molecule has 0 bridgehead atoms. The summed E-state index contributed by atoms with van der Waals surface area (Å²) in [7, 11) is 0. The molecular formula is C15H14N4. The van der Waals surface area contributed by atoms with Gasteiger partial charge in [0.2, 0.25) is 0 Å². The lowest BCUT2D eigenvalue weighted by atomic mass is 10.1. The predicted molar refractivity (Wildman–Crippen MR) is 73.3 cm³/mol. The Labute approximate surface area is 112 Å². The molecule has 0 atom stereocenters. The van der Waals surface area contributed by atoms with Gasteiger partial charge in [-0.15, -0.1) is 0 Å². The summed E-state index contributed by atoms with van der Waals surface area (Å²) in [4.78, 5) is 4.20. The highest BCUT2D eigenvalue weighted by molar-refractivity contribution is 5.43. The molecule has 1 aliphatic rings. The Morgan fingerprint density at radius 1 is 1.21 bits per heavy atom. The smallest absolute Gasteiger partial charge is 0.127 e. The van der Waals surface area contributed by atoms with Crippen molar-refractivity contribution in [2.24, 2.45) is 0 Å². The van der Waals surface area contributed by atoms with Crippen LogP contribution in [0.1, 0.15) is 22.3 Å². The van der Waals surface area contributed by atoms with Crippen LogP contribution in [0.4, 0.5) is 5.82 Å². The van der Waals surface area contributed by atoms with Crippen molar-refractivity contribution < 1.29 is 0 Å². The molecule has 19 heavy (non-hydrogen) atoms. The minimum absolute atomic E-state index is 0.621. The van der Waals surface area contributed by atoms with E-state index in [1.165, 1.54) is 16.7 Å². The van der Waals surface area contributed by atoms with E-state index in [4.69, 9.17) is 5.26 Å². The number of hydrogen-bond donors (Lipinski definition) is 2. The molecule has 2 heterocycles. The minimum atomic E-state index is 0.621. The van der Waals surface area contributed by atoms with Gasteiger partial charge in [0, 0.05) is 25.8 Å². The molecule has 0 aliphatic carbocycles. The Hall–Kier alpha value is -2.38. The molecule has 0 saturated heterocycles. The van der Waals surface area contributed by atoms with Gasteiger partial charge in [-0.2, -0.15) is 5.26 Å². The van der Waals surface area contributed by atoms with Crippen LogP contribution in [0, 0.1) is 11.3 Å². The zero-order chi connectivity index (χ0) is 13.1. The molecule has 3 rings (SSSR count). The molecule has 0 fully saturated rings. The standard InChI is InChI=1S/C15H14N4/c16-7-11-3-4-18-15(6-11)19-8-12-1-2-13-9-17-10-14(13)5-12/h1-6,17H,8-10H2,(H,18,19). The number of anilines is 1. The molecule has 2 aromatic rings. The quantitative estimate of drug-likeness (QED) is 0.876. The fourth-order valence-electron chi connectivity index (χ4n) is 2.25. The molecular weight excluding hydrogens is 236 g/mol. The summed E-state index contributed by atoms with van der Waals surface area (Å²) in [5.41, 5.74) is 4.61. The Morgan fingerprint density at radius 3 is 3.00 bits per heavy atom. The first-order valence-corrected chi connectivity index (χ1v) is 6.26. The summed E-state index contributed by atoms with van der Waals surface area (Å²) in [5.74, 6) is 0.734. The molecule has 0 saturated carbocycles. The van der Waals surface area contributed by atoms with Crippen LogP contribution in [0.5, 0.6) is 0 Å².